The molecule has 1 amide bonds. The molecule has 0 saturated heterocycles. The zero-order chi connectivity index (χ0) is 14.7. The Balaban J connectivity index is 1.65. The van der Waals surface area contributed by atoms with E-state index >= 15 is 0 Å². The number of carbonyl (C=O) groups is 1. The number of amides is 1. The Labute approximate surface area is 121 Å². The van der Waals surface area contributed by atoms with Gasteiger partial charge in [0.05, 0.1) is 0 Å². The van der Waals surface area contributed by atoms with Crippen LogP contribution in [0.25, 0.3) is 10.9 Å². The second-order valence-electron chi connectivity index (χ2n) is 4.79. The summed E-state index contributed by atoms with van der Waals surface area (Å²) in [5.41, 5.74) is 2.64. The van der Waals surface area contributed by atoms with Crippen molar-refractivity contribution in [3.8, 4) is 5.75 Å². The molecule has 0 aliphatic heterocycles. The van der Waals surface area contributed by atoms with E-state index in [1.165, 1.54) is 0 Å². The Kier molecular flexibility index (Phi) is 3.55. The third-order valence-corrected chi connectivity index (χ3v) is 3.37. The largest absolute Gasteiger partial charge is 0.508 e. The van der Waals surface area contributed by atoms with Gasteiger partial charge in [-0.3, -0.25) is 9.78 Å². The van der Waals surface area contributed by atoms with Crippen LogP contribution in [0.15, 0.2) is 48.9 Å². The number of fused-ring (bicyclic) bond motifs is 1. The molecule has 106 valence electrons. The van der Waals surface area contributed by atoms with Crippen molar-refractivity contribution in [2.24, 2.45) is 0 Å². The molecular formula is C16H15N3O2. The second-order valence-corrected chi connectivity index (χ2v) is 4.79. The quantitative estimate of drug-likeness (QED) is 0.686. The second kappa shape index (κ2) is 5.66. The highest BCUT2D eigenvalue weighted by Gasteiger charge is 2.07. The molecule has 2 aromatic heterocycles. The Morgan fingerprint density at radius 2 is 2.05 bits per heavy atom. The van der Waals surface area contributed by atoms with Crippen LogP contribution in [0.1, 0.15) is 15.9 Å². The van der Waals surface area contributed by atoms with Gasteiger partial charge in [0, 0.05) is 41.6 Å². The van der Waals surface area contributed by atoms with Crippen LogP contribution in [0.3, 0.4) is 0 Å². The van der Waals surface area contributed by atoms with Gasteiger partial charge in [0.15, 0.2) is 0 Å². The van der Waals surface area contributed by atoms with E-state index in [0.717, 1.165) is 16.5 Å². The third-order valence-electron chi connectivity index (χ3n) is 3.37. The van der Waals surface area contributed by atoms with Gasteiger partial charge in [-0.1, -0.05) is 0 Å². The number of benzene rings is 1. The molecule has 21 heavy (non-hydrogen) atoms. The van der Waals surface area contributed by atoms with Gasteiger partial charge in [-0.05, 0) is 42.3 Å². The summed E-state index contributed by atoms with van der Waals surface area (Å²) in [6.45, 7) is 0.532. The van der Waals surface area contributed by atoms with Crippen molar-refractivity contribution < 1.29 is 9.90 Å². The molecular weight excluding hydrogens is 266 g/mol. The summed E-state index contributed by atoms with van der Waals surface area (Å²) in [7, 11) is 0. The number of nitrogens with zero attached hydrogens (tertiary/aromatic N) is 1. The number of phenolic OH excluding ortho intramolecular Hbond substituents is 1. The maximum absolute atomic E-state index is 11.9. The van der Waals surface area contributed by atoms with Crippen LogP contribution in [0, 0.1) is 0 Å². The van der Waals surface area contributed by atoms with E-state index in [1.807, 2.05) is 12.3 Å². The molecule has 5 heteroatoms. The number of nitrogens with one attached hydrogen (secondary N) is 2. The van der Waals surface area contributed by atoms with Gasteiger partial charge in [0.1, 0.15) is 5.75 Å². The van der Waals surface area contributed by atoms with E-state index in [4.69, 9.17) is 0 Å². The number of pyridine rings is 1. The van der Waals surface area contributed by atoms with Gasteiger partial charge < -0.3 is 15.4 Å². The molecule has 0 aliphatic rings. The summed E-state index contributed by atoms with van der Waals surface area (Å²) in [4.78, 5) is 18.9. The van der Waals surface area contributed by atoms with E-state index < -0.39 is 0 Å². The Morgan fingerprint density at radius 1 is 1.24 bits per heavy atom. The molecule has 5 nitrogen and oxygen atoms in total. The lowest BCUT2D eigenvalue weighted by molar-refractivity contribution is 0.0954. The zero-order valence-electron chi connectivity index (χ0n) is 11.3. The van der Waals surface area contributed by atoms with Gasteiger partial charge in [-0.2, -0.15) is 0 Å². The number of hydrogen-bond acceptors (Lipinski definition) is 3. The number of hydrogen-bond donors (Lipinski definition) is 3. The number of phenols is 1. The van der Waals surface area contributed by atoms with E-state index in [9.17, 15) is 9.90 Å². The van der Waals surface area contributed by atoms with E-state index in [0.29, 0.717) is 18.5 Å². The summed E-state index contributed by atoms with van der Waals surface area (Å²) >= 11 is 0. The highest BCUT2D eigenvalue weighted by atomic mass is 16.3. The molecule has 2 heterocycles. The standard InChI is InChI=1S/C16H15N3O2/c20-13-1-2-15-14(9-13)12(10-19-15)5-8-18-16(21)11-3-6-17-7-4-11/h1-4,6-7,9-10,19-20H,5,8H2,(H,18,21). The van der Waals surface area contributed by atoms with Crippen LogP contribution < -0.4 is 5.32 Å². The first-order chi connectivity index (χ1) is 10.2. The van der Waals surface area contributed by atoms with Crippen molar-refractivity contribution in [2.45, 2.75) is 6.42 Å². The maximum atomic E-state index is 11.9. The molecule has 1 aromatic carbocycles. The molecule has 0 fully saturated rings. The first-order valence-electron chi connectivity index (χ1n) is 6.71. The third kappa shape index (κ3) is 2.86. The van der Waals surface area contributed by atoms with Crippen molar-refractivity contribution in [1.82, 2.24) is 15.3 Å². The Hall–Kier alpha value is -2.82. The van der Waals surface area contributed by atoms with E-state index in [1.54, 1.807) is 36.7 Å². The molecule has 3 aromatic rings. The van der Waals surface area contributed by atoms with Gasteiger partial charge in [0.25, 0.3) is 5.91 Å². The lowest BCUT2D eigenvalue weighted by Crippen LogP contribution is -2.25. The molecule has 0 aliphatic carbocycles. The number of H-pyrrole nitrogens is 1. The molecule has 3 N–H and O–H groups in total. The highest BCUT2D eigenvalue weighted by Crippen LogP contribution is 2.22. The predicted octanol–water partition coefficient (Wildman–Crippen LogP) is 2.24. The first kappa shape index (κ1) is 13.2. The lowest BCUT2D eigenvalue weighted by Gasteiger charge is -2.04. The molecule has 0 radical (unpaired) electrons. The Morgan fingerprint density at radius 3 is 2.86 bits per heavy atom. The molecule has 0 bridgehead atoms. The predicted molar refractivity (Wildman–Crippen MR) is 80.2 cm³/mol. The fourth-order valence-corrected chi connectivity index (χ4v) is 2.29. The first-order valence-corrected chi connectivity index (χ1v) is 6.71. The molecule has 0 saturated carbocycles. The maximum Gasteiger partial charge on any atom is 0.251 e. The topological polar surface area (TPSA) is 78.0 Å². The molecule has 3 rings (SSSR count). The monoisotopic (exact) mass is 281 g/mol. The number of aromatic amines is 1. The number of aromatic hydroxyl groups is 1. The van der Waals surface area contributed by atoms with Crippen molar-refractivity contribution >= 4 is 16.8 Å². The summed E-state index contributed by atoms with van der Waals surface area (Å²) < 4.78 is 0. The zero-order valence-corrected chi connectivity index (χ0v) is 11.3. The molecule has 0 unspecified atom stereocenters. The fourth-order valence-electron chi connectivity index (χ4n) is 2.29. The van der Waals surface area contributed by atoms with Gasteiger partial charge in [0.2, 0.25) is 0 Å². The van der Waals surface area contributed by atoms with Crippen LogP contribution in [-0.4, -0.2) is 27.5 Å². The van der Waals surface area contributed by atoms with Gasteiger partial charge in [-0.25, -0.2) is 0 Å². The van der Waals surface area contributed by atoms with Crippen molar-refractivity contribution in [3.63, 3.8) is 0 Å². The van der Waals surface area contributed by atoms with Crippen molar-refractivity contribution in [3.05, 3.63) is 60.0 Å². The average Bonchev–Trinajstić information content (AvgIpc) is 2.90. The van der Waals surface area contributed by atoms with Crippen molar-refractivity contribution in [1.29, 1.82) is 0 Å². The lowest BCUT2D eigenvalue weighted by atomic mass is 10.1. The molecule has 0 spiro atoms. The summed E-state index contributed by atoms with van der Waals surface area (Å²) in [6, 6.07) is 8.57. The van der Waals surface area contributed by atoms with Crippen LogP contribution in [0.2, 0.25) is 0 Å². The summed E-state index contributed by atoms with van der Waals surface area (Å²) in [5, 5.41) is 13.4. The summed E-state index contributed by atoms with van der Waals surface area (Å²) in [6.07, 6.45) is 5.79. The number of aromatic nitrogens is 2. The van der Waals surface area contributed by atoms with Crippen molar-refractivity contribution in [2.75, 3.05) is 6.54 Å². The normalized spacial score (nSPS) is 10.7. The number of carbonyl (C=O) groups excluding carboxylic acids is 1. The highest BCUT2D eigenvalue weighted by molar-refractivity contribution is 5.94. The summed E-state index contributed by atoms with van der Waals surface area (Å²) in [5.74, 6) is 0.129. The van der Waals surface area contributed by atoms with Crippen LogP contribution in [0.4, 0.5) is 0 Å². The van der Waals surface area contributed by atoms with Gasteiger partial charge in [-0.15, -0.1) is 0 Å². The minimum atomic E-state index is -0.111. The van der Waals surface area contributed by atoms with Gasteiger partial charge >= 0.3 is 0 Å². The average molecular weight is 281 g/mol. The van der Waals surface area contributed by atoms with Crippen LogP contribution >= 0.6 is 0 Å². The molecule has 0 atom stereocenters. The smallest absolute Gasteiger partial charge is 0.251 e. The fraction of sp³-hybridized carbons (Fsp3) is 0.125. The van der Waals surface area contributed by atoms with E-state index in [2.05, 4.69) is 15.3 Å². The minimum absolute atomic E-state index is 0.111. The number of rotatable bonds is 4. The van der Waals surface area contributed by atoms with Crippen LogP contribution in [0.5, 0.6) is 5.75 Å². The minimum Gasteiger partial charge on any atom is -0.508 e. The van der Waals surface area contributed by atoms with E-state index in [-0.39, 0.29) is 11.7 Å². The van der Waals surface area contributed by atoms with Crippen LogP contribution in [-0.2, 0) is 6.42 Å². The SMILES string of the molecule is O=C(NCCc1c[nH]c2ccc(O)cc12)c1ccncc1. The Bertz CT molecular complexity index is 766.